The molecule has 3 aliphatic carbocycles. The fourth-order valence-corrected chi connectivity index (χ4v) is 4.75. The molecule has 1 N–H and O–H groups in total. The lowest BCUT2D eigenvalue weighted by Crippen LogP contribution is -2.43. The largest absolute Gasteiger partial charge is 0.550 e. The molecule has 2 saturated carbocycles. The highest BCUT2D eigenvalue weighted by Gasteiger charge is 2.68. The Morgan fingerprint density at radius 3 is 2.40 bits per heavy atom. The van der Waals surface area contributed by atoms with E-state index in [9.17, 15) is 24.8 Å². The van der Waals surface area contributed by atoms with Crippen molar-refractivity contribution < 1.29 is 19.6 Å². The molecule has 1 aromatic rings. The lowest BCUT2D eigenvalue weighted by atomic mass is 9.82. The van der Waals surface area contributed by atoms with Gasteiger partial charge in [-0.2, -0.15) is 0 Å². The zero-order valence-corrected chi connectivity index (χ0v) is 13.6. The van der Waals surface area contributed by atoms with Crippen LogP contribution in [0.15, 0.2) is 30.4 Å². The van der Waals surface area contributed by atoms with Crippen LogP contribution in [0.2, 0.25) is 0 Å². The Balaban J connectivity index is 1.63. The molecule has 1 spiro atoms. The fraction of sp³-hybridized carbons (Fsp3) is 0.444. The lowest BCUT2D eigenvalue weighted by molar-refractivity contribution is -0.384. The van der Waals surface area contributed by atoms with Crippen molar-refractivity contribution in [2.75, 3.05) is 5.32 Å². The predicted octanol–water partition coefficient (Wildman–Crippen LogP) is 1.42. The molecule has 1 amide bonds. The minimum atomic E-state index is -1.20. The molecule has 1 aromatic carbocycles. The number of carbonyl (C=O) groups is 2. The molecular weight excluding hydrogens is 324 g/mol. The maximum atomic E-state index is 12.9. The standard InChI is InChI=1S/C18H18N2O5/c1-9-2-3-10(20(24)25)8-13(9)19-16(21)14-11-4-5-12(15(14)17(22)23)18(11)6-7-18/h2-5,8,11-12,14-15H,6-7H2,1H3,(H,19,21)(H,22,23)/p-1/t11-,12+,14+,15+/m1/s1. The van der Waals surface area contributed by atoms with Gasteiger partial charge in [0.05, 0.1) is 16.5 Å². The zero-order chi connectivity index (χ0) is 17.9. The van der Waals surface area contributed by atoms with Gasteiger partial charge < -0.3 is 15.2 Å². The fourth-order valence-electron chi connectivity index (χ4n) is 4.75. The highest BCUT2D eigenvalue weighted by molar-refractivity contribution is 5.97. The number of hydrogen-bond acceptors (Lipinski definition) is 5. The summed E-state index contributed by atoms with van der Waals surface area (Å²) in [5.41, 5.74) is 0.810. The number of anilines is 1. The summed E-state index contributed by atoms with van der Waals surface area (Å²) in [6, 6.07) is 4.23. The molecule has 0 heterocycles. The first kappa shape index (κ1) is 15.8. The Morgan fingerprint density at radius 2 is 1.84 bits per heavy atom. The number of nitro groups is 1. The number of aliphatic carboxylic acids is 1. The predicted molar refractivity (Wildman–Crippen MR) is 86.2 cm³/mol. The Labute approximate surface area is 143 Å². The molecule has 0 aromatic heterocycles. The van der Waals surface area contributed by atoms with E-state index in [0.717, 1.165) is 12.8 Å². The first-order chi connectivity index (χ1) is 11.8. The number of rotatable bonds is 4. The Hall–Kier alpha value is -2.70. The van der Waals surface area contributed by atoms with Crippen molar-refractivity contribution in [2.45, 2.75) is 19.8 Å². The summed E-state index contributed by atoms with van der Waals surface area (Å²) < 4.78 is 0. The van der Waals surface area contributed by atoms with Crippen LogP contribution in [-0.2, 0) is 9.59 Å². The number of carboxylic acids is 1. The van der Waals surface area contributed by atoms with Gasteiger partial charge in [0, 0.05) is 24.0 Å². The van der Waals surface area contributed by atoms with Crippen molar-refractivity contribution in [1.82, 2.24) is 0 Å². The van der Waals surface area contributed by atoms with Crippen molar-refractivity contribution in [3.8, 4) is 0 Å². The Morgan fingerprint density at radius 1 is 1.20 bits per heavy atom. The van der Waals surface area contributed by atoms with Crippen LogP contribution in [0.5, 0.6) is 0 Å². The van der Waals surface area contributed by atoms with Crippen LogP contribution in [0.3, 0.4) is 0 Å². The van der Waals surface area contributed by atoms with Crippen LogP contribution in [-0.4, -0.2) is 16.8 Å². The van der Waals surface area contributed by atoms with Gasteiger partial charge in [0.15, 0.2) is 0 Å². The molecule has 0 unspecified atom stereocenters. The topological polar surface area (TPSA) is 112 Å². The van der Waals surface area contributed by atoms with Gasteiger partial charge in [0.2, 0.25) is 5.91 Å². The molecule has 25 heavy (non-hydrogen) atoms. The lowest BCUT2D eigenvalue weighted by Gasteiger charge is -2.27. The van der Waals surface area contributed by atoms with Crippen LogP contribution in [0.1, 0.15) is 18.4 Å². The van der Waals surface area contributed by atoms with E-state index in [2.05, 4.69) is 5.32 Å². The third-order valence-corrected chi connectivity index (χ3v) is 6.11. The van der Waals surface area contributed by atoms with E-state index >= 15 is 0 Å². The number of aryl methyl sites for hydroxylation is 1. The molecule has 2 fully saturated rings. The number of nitro benzene ring substituents is 1. The monoisotopic (exact) mass is 341 g/mol. The van der Waals surface area contributed by atoms with E-state index in [1.54, 1.807) is 13.0 Å². The minimum absolute atomic E-state index is 0.0928. The van der Waals surface area contributed by atoms with Gasteiger partial charge in [-0.1, -0.05) is 18.2 Å². The highest BCUT2D eigenvalue weighted by atomic mass is 16.6. The van der Waals surface area contributed by atoms with Crippen molar-refractivity contribution in [3.05, 3.63) is 46.0 Å². The number of benzene rings is 1. The van der Waals surface area contributed by atoms with Gasteiger partial charge in [-0.3, -0.25) is 14.9 Å². The van der Waals surface area contributed by atoms with Crippen LogP contribution < -0.4 is 10.4 Å². The van der Waals surface area contributed by atoms with Gasteiger partial charge in [-0.25, -0.2) is 0 Å². The highest BCUT2D eigenvalue weighted by Crippen LogP contribution is 2.71. The Bertz CT molecular complexity index is 827. The number of allylic oxidation sites excluding steroid dienone is 2. The molecule has 0 radical (unpaired) electrons. The summed E-state index contributed by atoms with van der Waals surface area (Å²) in [6.45, 7) is 1.73. The first-order valence-corrected chi connectivity index (χ1v) is 8.30. The quantitative estimate of drug-likeness (QED) is 0.505. The smallest absolute Gasteiger partial charge is 0.271 e. The van der Waals surface area contributed by atoms with Crippen molar-refractivity contribution in [1.29, 1.82) is 0 Å². The summed E-state index contributed by atoms with van der Waals surface area (Å²) in [5.74, 6) is -3.37. The second-order valence-electron chi connectivity index (χ2n) is 7.29. The van der Waals surface area contributed by atoms with Crippen molar-refractivity contribution >= 4 is 23.3 Å². The number of nitrogens with one attached hydrogen (secondary N) is 1. The van der Waals surface area contributed by atoms with Crippen LogP contribution >= 0.6 is 0 Å². The van der Waals surface area contributed by atoms with Crippen LogP contribution in [0.25, 0.3) is 0 Å². The van der Waals surface area contributed by atoms with E-state index in [0.29, 0.717) is 11.3 Å². The zero-order valence-electron chi connectivity index (χ0n) is 13.6. The maximum Gasteiger partial charge on any atom is 0.271 e. The molecular formula is C18H17N2O5-. The van der Waals surface area contributed by atoms with E-state index in [1.807, 2.05) is 12.2 Å². The Kier molecular flexibility index (Phi) is 3.25. The minimum Gasteiger partial charge on any atom is -0.550 e. The van der Waals surface area contributed by atoms with E-state index in [4.69, 9.17) is 0 Å². The second-order valence-corrected chi connectivity index (χ2v) is 7.29. The van der Waals surface area contributed by atoms with E-state index in [-0.39, 0.29) is 22.9 Å². The van der Waals surface area contributed by atoms with Crippen molar-refractivity contribution in [2.24, 2.45) is 29.1 Å². The van der Waals surface area contributed by atoms with E-state index in [1.165, 1.54) is 12.1 Å². The molecule has 4 atom stereocenters. The molecule has 2 bridgehead atoms. The number of nitrogens with zero attached hydrogens (tertiary/aromatic N) is 1. The summed E-state index contributed by atoms with van der Waals surface area (Å²) in [6.07, 6.45) is 5.74. The summed E-state index contributed by atoms with van der Waals surface area (Å²) in [5, 5.41) is 25.3. The molecule has 130 valence electrons. The second kappa shape index (κ2) is 5.15. The number of hydrogen-bond donors (Lipinski definition) is 1. The molecule has 0 saturated heterocycles. The maximum absolute atomic E-state index is 12.9. The van der Waals surface area contributed by atoms with Gasteiger partial charge in [-0.05, 0) is 42.6 Å². The van der Waals surface area contributed by atoms with Gasteiger partial charge in [0.1, 0.15) is 0 Å². The number of carbonyl (C=O) groups excluding carboxylic acids is 2. The number of non-ortho nitro benzene ring substituents is 1. The summed E-state index contributed by atoms with van der Waals surface area (Å²) in [7, 11) is 0. The van der Waals surface area contributed by atoms with Gasteiger partial charge in [0.25, 0.3) is 5.69 Å². The average molecular weight is 341 g/mol. The summed E-state index contributed by atoms with van der Waals surface area (Å²) >= 11 is 0. The summed E-state index contributed by atoms with van der Waals surface area (Å²) in [4.78, 5) is 34.9. The van der Waals surface area contributed by atoms with Crippen LogP contribution in [0, 0.1) is 46.1 Å². The molecule has 4 rings (SSSR count). The normalized spacial score (nSPS) is 30.4. The van der Waals surface area contributed by atoms with Gasteiger partial charge >= 0.3 is 0 Å². The molecule has 3 aliphatic rings. The van der Waals surface area contributed by atoms with Crippen molar-refractivity contribution in [3.63, 3.8) is 0 Å². The van der Waals surface area contributed by atoms with E-state index < -0.39 is 28.6 Å². The molecule has 7 heteroatoms. The third kappa shape index (κ3) is 2.18. The first-order valence-electron chi connectivity index (χ1n) is 8.30. The SMILES string of the molecule is Cc1ccc([N+](=O)[O-])cc1NC(=O)[C@@H]1[C@@H](C(=O)[O-])[C@@H]2C=C[C@H]1C21CC1. The van der Waals surface area contributed by atoms with Crippen LogP contribution in [0.4, 0.5) is 11.4 Å². The molecule has 0 aliphatic heterocycles. The number of amides is 1. The number of carboxylic acid groups (broad SMARTS) is 1. The van der Waals surface area contributed by atoms with Gasteiger partial charge in [-0.15, -0.1) is 0 Å². The average Bonchev–Trinajstić information content (AvgIpc) is 3.22. The molecule has 7 nitrogen and oxygen atoms in total. The third-order valence-electron chi connectivity index (χ3n) is 6.11.